The maximum Gasteiger partial charge on any atom is 0.240 e. The van der Waals surface area contributed by atoms with E-state index in [0.29, 0.717) is 18.3 Å². The summed E-state index contributed by atoms with van der Waals surface area (Å²) in [6.07, 6.45) is 4.46. The molecule has 0 radical (unpaired) electrons. The van der Waals surface area contributed by atoms with Gasteiger partial charge in [-0.1, -0.05) is 5.16 Å². The molecule has 0 bridgehead atoms. The SMILES string of the molecule is CO[C@@H](C)c1noc(CN2CCCN(c3ncccn3)CC2)n1. The van der Waals surface area contributed by atoms with Crippen LogP contribution in [0.5, 0.6) is 0 Å². The molecule has 0 spiro atoms. The predicted octanol–water partition coefficient (Wildman–Crippen LogP) is 1.28. The molecular weight excluding hydrogens is 296 g/mol. The average Bonchev–Trinajstić information content (AvgIpc) is 2.93. The Hall–Kier alpha value is -2.06. The molecule has 3 rings (SSSR count). The highest BCUT2D eigenvalue weighted by molar-refractivity contribution is 5.28. The molecule has 8 nitrogen and oxygen atoms in total. The summed E-state index contributed by atoms with van der Waals surface area (Å²) >= 11 is 0. The fourth-order valence-corrected chi connectivity index (χ4v) is 2.58. The second kappa shape index (κ2) is 7.47. The maximum absolute atomic E-state index is 5.32. The van der Waals surface area contributed by atoms with Gasteiger partial charge in [0.15, 0.2) is 5.82 Å². The molecule has 8 heteroatoms. The van der Waals surface area contributed by atoms with Crippen molar-refractivity contribution in [2.75, 3.05) is 38.2 Å². The second-order valence-electron chi connectivity index (χ2n) is 5.59. The minimum atomic E-state index is -0.151. The normalized spacial score (nSPS) is 17.9. The third kappa shape index (κ3) is 4.02. The summed E-state index contributed by atoms with van der Waals surface area (Å²) in [5.41, 5.74) is 0. The summed E-state index contributed by atoms with van der Waals surface area (Å²) in [5.74, 6) is 2.02. The van der Waals surface area contributed by atoms with E-state index >= 15 is 0 Å². The van der Waals surface area contributed by atoms with Crippen LogP contribution in [0.4, 0.5) is 5.95 Å². The Labute approximate surface area is 135 Å². The lowest BCUT2D eigenvalue weighted by molar-refractivity contribution is 0.109. The van der Waals surface area contributed by atoms with E-state index in [1.165, 1.54) is 0 Å². The van der Waals surface area contributed by atoms with Crippen LogP contribution in [0.15, 0.2) is 23.0 Å². The summed E-state index contributed by atoms with van der Waals surface area (Å²) in [4.78, 5) is 17.6. The molecule has 1 atom stereocenters. The van der Waals surface area contributed by atoms with E-state index in [0.717, 1.165) is 38.5 Å². The molecule has 0 unspecified atom stereocenters. The van der Waals surface area contributed by atoms with Crippen molar-refractivity contribution < 1.29 is 9.26 Å². The number of hydrogen-bond acceptors (Lipinski definition) is 8. The lowest BCUT2D eigenvalue weighted by Crippen LogP contribution is -2.31. The fraction of sp³-hybridized carbons (Fsp3) is 0.600. The molecule has 2 aromatic rings. The maximum atomic E-state index is 5.32. The smallest absolute Gasteiger partial charge is 0.240 e. The van der Waals surface area contributed by atoms with Crippen LogP contribution in [0.25, 0.3) is 0 Å². The van der Waals surface area contributed by atoms with E-state index < -0.39 is 0 Å². The van der Waals surface area contributed by atoms with Crippen molar-refractivity contribution in [2.45, 2.75) is 26.0 Å². The van der Waals surface area contributed by atoms with Gasteiger partial charge >= 0.3 is 0 Å². The third-order valence-corrected chi connectivity index (χ3v) is 3.98. The van der Waals surface area contributed by atoms with E-state index in [1.807, 2.05) is 13.0 Å². The van der Waals surface area contributed by atoms with Crippen LogP contribution in [0.1, 0.15) is 31.2 Å². The quantitative estimate of drug-likeness (QED) is 0.815. The number of aromatic nitrogens is 4. The molecule has 1 aliphatic heterocycles. The Morgan fingerprint density at radius 1 is 1.22 bits per heavy atom. The summed E-state index contributed by atoms with van der Waals surface area (Å²) in [5, 5.41) is 3.97. The second-order valence-corrected chi connectivity index (χ2v) is 5.59. The molecule has 3 heterocycles. The van der Waals surface area contributed by atoms with Gasteiger partial charge in [0.25, 0.3) is 0 Å². The monoisotopic (exact) mass is 318 g/mol. The average molecular weight is 318 g/mol. The first-order valence-electron chi connectivity index (χ1n) is 7.86. The van der Waals surface area contributed by atoms with Crippen molar-refractivity contribution >= 4 is 5.95 Å². The van der Waals surface area contributed by atoms with Gasteiger partial charge in [-0.15, -0.1) is 0 Å². The molecule has 0 N–H and O–H groups in total. The molecule has 2 aromatic heterocycles. The van der Waals surface area contributed by atoms with Gasteiger partial charge in [-0.25, -0.2) is 9.97 Å². The van der Waals surface area contributed by atoms with Crippen molar-refractivity contribution in [3.05, 3.63) is 30.2 Å². The highest BCUT2D eigenvalue weighted by Gasteiger charge is 2.19. The number of nitrogens with zero attached hydrogens (tertiary/aromatic N) is 6. The van der Waals surface area contributed by atoms with Crippen molar-refractivity contribution in [1.82, 2.24) is 25.0 Å². The standard InChI is InChI=1S/C15H22N6O2/c1-12(22-2)14-18-13(23-19-14)11-20-7-4-8-21(10-9-20)15-16-5-3-6-17-15/h3,5-6,12H,4,7-11H2,1-2H3/t12-/m0/s1. The van der Waals surface area contributed by atoms with E-state index in [1.54, 1.807) is 19.5 Å². The van der Waals surface area contributed by atoms with Gasteiger partial charge in [0, 0.05) is 45.7 Å². The van der Waals surface area contributed by atoms with E-state index in [2.05, 4.69) is 29.9 Å². The summed E-state index contributed by atoms with van der Waals surface area (Å²) in [6.45, 7) is 6.30. The molecule has 1 fully saturated rings. The Morgan fingerprint density at radius 3 is 2.83 bits per heavy atom. The largest absolute Gasteiger partial charge is 0.374 e. The fourth-order valence-electron chi connectivity index (χ4n) is 2.58. The van der Waals surface area contributed by atoms with Gasteiger partial charge < -0.3 is 14.2 Å². The van der Waals surface area contributed by atoms with Gasteiger partial charge in [0.2, 0.25) is 11.8 Å². The molecule has 124 valence electrons. The van der Waals surface area contributed by atoms with Crippen LogP contribution in [0, 0.1) is 0 Å². The van der Waals surface area contributed by atoms with Crippen LogP contribution in [-0.2, 0) is 11.3 Å². The Morgan fingerprint density at radius 2 is 2.04 bits per heavy atom. The van der Waals surface area contributed by atoms with Crippen molar-refractivity contribution in [3.8, 4) is 0 Å². The number of anilines is 1. The van der Waals surface area contributed by atoms with Crippen LogP contribution in [-0.4, -0.2) is 58.3 Å². The Bertz CT molecular complexity index is 605. The number of hydrogen-bond donors (Lipinski definition) is 0. The minimum absolute atomic E-state index is 0.151. The summed E-state index contributed by atoms with van der Waals surface area (Å²) < 4.78 is 10.5. The molecule has 0 aromatic carbocycles. The Kier molecular flexibility index (Phi) is 5.14. The molecule has 0 amide bonds. The van der Waals surface area contributed by atoms with Gasteiger partial charge in [0.1, 0.15) is 6.10 Å². The van der Waals surface area contributed by atoms with E-state index in [4.69, 9.17) is 9.26 Å². The number of rotatable bonds is 5. The highest BCUT2D eigenvalue weighted by atomic mass is 16.5. The number of methoxy groups -OCH3 is 1. The Balaban J connectivity index is 1.57. The van der Waals surface area contributed by atoms with E-state index in [-0.39, 0.29) is 6.10 Å². The highest BCUT2D eigenvalue weighted by Crippen LogP contribution is 2.15. The third-order valence-electron chi connectivity index (χ3n) is 3.98. The number of ether oxygens (including phenoxy) is 1. The summed E-state index contributed by atoms with van der Waals surface area (Å²) in [7, 11) is 1.63. The molecule has 1 saturated heterocycles. The van der Waals surface area contributed by atoms with Crippen molar-refractivity contribution in [1.29, 1.82) is 0 Å². The van der Waals surface area contributed by atoms with E-state index in [9.17, 15) is 0 Å². The lowest BCUT2D eigenvalue weighted by atomic mass is 10.3. The van der Waals surface area contributed by atoms with Crippen LogP contribution in [0.3, 0.4) is 0 Å². The zero-order valence-corrected chi connectivity index (χ0v) is 13.6. The lowest BCUT2D eigenvalue weighted by Gasteiger charge is -2.20. The molecule has 1 aliphatic rings. The van der Waals surface area contributed by atoms with Crippen LogP contribution in [0.2, 0.25) is 0 Å². The first-order valence-corrected chi connectivity index (χ1v) is 7.86. The predicted molar refractivity (Wildman–Crippen MR) is 83.9 cm³/mol. The minimum Gasteiger partial charge on any atom is -0.374 e. The van der Waals surface area contributed by atoms with Gasteiger partial charge in [0.05, 0.1) is 6.54 Å². The first-order chi connectivity index (χ1) is 11.3. The molecule has 23 heavy (non-hydrogen) atoms. The van der Waals surface area contributed by atoms with Crippen LogP contribution < -0.4 is 4.90 Å². The van der Waals surface area contributed by atoms with Gasteiger partial charge in [-0.3, -0.25) is 4.90 Å². The summed E-state index contributed by atoms with van der Waals surface area (Å²) in [6, 6.07) is 1.84. The van der Waals surface area contributed by atoms with Crippen molar-refractivity contribution in [2.24, 2.45) is 0 Å². The zero-order valence-electron chi connectivity index (χ0n) is 13.6. The van der Waals surface area contributed by atoms with Crippen LogP contribution >= 0.6 is 0 Å². The molecular formula is C15H22N6O2. The topological polar surface area (TPSA) is 80.4 Å². The molecule has 0 saturated carbocycles. The first kappa shape index (κ1) is 15.8. The van der Waals surface area contributed by atoms with Crippen molar-refractivity contribution in [3.63, 3.8) is 0 Å². The zero-order chi connectivity index (χ0) is 16.1. The van der Waals surface area contributed by atoms with Gasteiger partial charge in [-0.2, -0.15) is 4.98 Å². The van der Waals surface area contributed by atoms with Gasteiger partial charge in [-0.05, 0) is 19.4 Å². The molecule has 0 aliphatic carbocycles.